The minimum Gasteiger partial charge on any atom is -0.103 e. The van der Waals surface area contributed by atoms with Crippen molar-refractivity contribution in [3.05, 3.63) is 12.7 Å². The second-order valence-corrected chi connectivity index (χ2v) is 17.7. The molecule has 0 atom stereocenters. The van der Waals surface area contributed by atoms with Crippen molar-refractivity contribution < 1.29 is 0 Å². The smallest absolute Gasteiger partial charge is 0.0353 e. The van der Waals surface area contributed by atoms with Crippen molar-refractivity contribution in [3.8, 4) is 0 Å². The van der Waals surface area contributed by atoms with E-state index in [0.29, 0.717) is 0 Å². The van der Waals surface area contributed by atoms with Gasteiger partial charge < -0.3 is 0 Å². The molecule has 0 amide bonds. The molecule has 0 aromatic rings. The fraction of sp³-hybridized carbons (Fsp3) is 0.962. The maximum atomic E-state index is 3.81. The Bertz CT molecular complexity index is 591. The first kappa shape index (κ1) is 51.7. The third-order valence-corrected chi connectivity index (χ3v) is 12.3. The topological polar surface area (TPSA) is 0 Å². The summed E-state index contributed by atoms with van der Waals surface area (Å²) in [6, 6.07) is 0. The fourth-order valence-electron chi connectivity index (χ4n) is 8.49. The van der Waals surface area contributed by atoms with Crippen LogP contribution in [-0.2, 0) is 0 Å². The van der Waals surface area contributed by atoms with Gasteiger partial charge in [0.05, 0.1) is 0 Å². The van der Waals surface area contributed by atoms with Crippen molar-refractivity contribution in [2.75, 3.05) is 0 Å². The van der Waals surface area contributed by atoms with Crippen molar-refractivity contribution in [2.45, 2.75) is 322 Å². The third kappa shape index (κ3) is 49.7. The van der Waals surface area contributed by atoms with Crippen LogP contribution in [0.15, 0.2) is 12.7 Å². The zero-order valence-electron chi connectivity index (χ0n) is 36.9. The Morgan fingerprint density at radius 1 is 0.192 bits per heavy atom. The van der Waals surface area contributed by atoms with E-state index in [1.165, 1.54) is 315 Å². The summed E-state index contributed by atoms with van der Waals surface area (Å²) in [4.78, 5) is 0. The van der Waals surface area contributed by atoms with E-state index >= 15 is 0 Å². The average molecular weight is 729 g/mol. The molecule has 0 rings (SSSR count). The number of allylic oxidation sites excluding steroid dienone is 1. The maximum absolute atomic E-state index is 3.81. The van der Waals surface area contributed by atoms with Gasteiger partial charge in [-0.05, 0) is 12.8 Å². The Kier molecular flexibility index (Phi) is 50.5. The SMILES string of the molecule is C=CCCCCCCCCCCCCCCCCCCCCCCCCCCCCCCCCCCCCCCCCCCCCCCCCCC. The summed E-state index contributed by atoms with van der Waals surface area (Å²) in [7, 11) is 0. The van der Waals surface area contributed by atoms with Crippen LogP contribution < -0.4 is 0 Å². The van der Waals surface area contributed by atoms with Crippen LogP contribution in [0.3, 0.4) is 0 Å². The van der Waals surface area contributed by atoms with Crippen LogP contribution in [0.1, 0.15) is 322 Å². The Labute approximate surface area is 333 Å². The first-order valence-electron chi connectivity index (χ1n) is 25.5. The highest BCUT2D eigenvalue weighted by Crippen LogP contribution is 2.18. The number of unbranched alkanes of at least 4 members (excludes halogenated alkanes) is 48. The van der Waals surface area contributed by atoms with Gasteiger partial charge in [0.25, 0.3) is 0 Å². The largest absolute Gasteiger partial charge is 0.103 e. The van der Waals surface area contributed by atoms with Crippen LogP contribution in [-0.4, -0.2) is 0 Å². The summed E-state index contributed by atoms with van der Waals surface area (Å²) in [5.41, 5.74) is 0. The van der Waals surface area contributed by atoms with Crippen LogP contribution in [0.4, 0.5) is 0 Å². The summed E-state index contributed by atoms with van der Waals surface area (Å²) in [6.45, 7) is 6.13. The quantitative estimate of drug-likeness (QED) is 0.0432. The summed E-state index contributed by atoms with van der Waals surface area (Å²) in [6.07, 6.45) is 74.4. The molecule has 0 unspecified atom stereocenters. The molecule has 0 heteroatoms. The van der Waals surface area contributed by atoms with Crippen LogP contribution >= 0.6 is 0 Å². The molecule has 0 spiro atoms. The van der Waals surface area contributed by atoms with Gasteiger partial charge in [-0.25, -0.2) is 0 Å². The lowest BCUT2D eigenvalue weighted by Crippen LogP contribution is -1.85. The van der Waals surface area contributed by atoms with Gasteiger partial charge in [0.2, 0.25) is 0 Å². The predicted molar refractivity (Wildman–Crippen MR) is 242 cm³/mol. The van der Waals surface area contributed by atoms with Gasteiger partial charge >= 0.3 is 0 Å². The summed E-state index contributed by atoms with van der Waals surface area (Å²) >= 11 is 0. The van der Waals surface area contributed by atoms with Crippen molar-refractivity contribution in [1.29, 1.82) is 0 Å². The minimum absolute atomic E-state index is 1.21. The molecule has 0 aliphatic carbocycles. The van der Waals surface area contributed by atoms with E-state index in [9.17, 15) is 0 Å². The lowest BCUT2D eigenvalue weighted by molar-refractivity contribution is 0.508. The lowest BCUT2D eigenvalue weighted by atomic mass is 10.0. The zero-order chi connectivity index (χ0) is 37.4. The Morgan fingerprint density at radius 2 is 0.308 bits per heavy atom. The Morgan fingerprint density at radius 3 is 0.423 bits per heavy atom. The maximum Gasteiger partial charge on any atom is -0.0353 e. The highest BCUT2D eigenvalue weighted by Gasteiger charge is 1.99. The molecule has 0 bridgehead atoms. The molecule has 0 aliphatic rings. The van der Waals surface area contributed by atoms with E-state index in [1.54, 1.807) is 0 Å². The Hall–Kier alpha value is -0.260. The van der Waals surface area contributed by atoms with Gasteiger partial charge in [0, 0.05) is 0 Å². The van der Waals surface area contributed by atoms with Crippen LogP contribution in [0, 0.1) is 0 Å². The third-order valence-electron chi connectivity index (χ3n) is 12.3. The Balaban J connectivity index is 3.05. The molecule has 0 N–H and O–H groups in total. The van der Waals surface area contributed by atoms with E-state index in [2.05, 4.69) is 19.6 Å². The first-order valence-corrected chi connectivity index (χ1v) is 25.5. The van der Waals surface area contributed by atoms with Crippen molar-refractivity contribution in [2.24, 2.45) is 0 Å². The van der Waals surface area contributed by atoms with Crippen molar-refractivity contribution >= 4 is 0 Å². The van der Waals surface area contributed by atoms with Gasteiger partial charge in [0.15, 0.2) is 0 Å². The standard InChI is InChI=1S/C52H104/c1-3-5-7-9-11-13-15-17-19-21-23-25-27-29-31-33-35-37-39-41-43-45-47-49-51-52-50-48-46-44-42-40-38-36-34-32-30-28-26-24-22-20-18-16-14-12-10-8-6-4-2/h3H,1,4-52H2,2H3. The molecule has 0 fully saturated rings. The number of hydrogen-bond acceptors (Lipinski definition) is 0. The van der Waals surface area contributed by atoms with Crippen molar-refractivity contribution in [3.63, 3.8) is 0 Å². The highest BCUT2D eigenvalue weighted by molar-refractivity contribution is 4.65. The average Bonchev–Trinajstić information content (AvgIpc) is 3.16. The molecule has 312 valence electrons. The van der Waals surface area contributed by atoms with Gasteiger partial charge in [-0.3, -0.25) is 0 Å². The molecule has 0 nitrogen and oxygen atoms in total. The first-order chi connectivity index (χ1) is 25.9. The predicted octanol–water partition coefficient (Wildman–Crippen LogP) is 20.3. The molecule has 52 heavy (non-hydrogen) atoms. The minimum atomic E-state index is 1.21. The molecule has 0 saturated heterocycles. The van der Waals surface area contributed by atoms with E-state index in [1.807, 2.05) is 0 Å². The molecule has 0 aliphatic heterocycles. The summed E-state index contributed by atoms with van der Waals surface area (Å²) < 4.78 is 0. The van der Waals surface area contributed by atoms with E-state index in [0.717, 1.165) is 0 Å². The van der Waals surface area contributed by atoms with Gasteiger partial charge in [-0.15, -0.1) is 6.58 Å². The molecule has 0 aromatic heterocycles. The molecule has 0 aromatic carbocycles. The number of hydrogen-bond donors (Lipinski definition) is 0. The fourth-order valence-corrected chi connectivity index (χ4v) is 8.49. The second kappa shape index (κ2) is 50.7. The molecule has 0 radical (unpaired) electrons. The van der Waals surface area contributed by atoms with Crippen molar-refractivity contribution in [1.82, 2.24) is 0 Å². The normalized spacial score (nSPS) is 11.6. The molecular weight excluding hydrogens is 625 g/mol. The number of rotatable bonds is 49. The highest BCUT2D eigenvalue weighted by atomic mass is 14.1. The van der Waals surface area contributed by atoms with E-state index in [4.69, 9.17) is 0 Å². The van der Waals surface area contributed by atoms with Gasteiger partial charge in [-0.2, -0.15) is 0 Å². The summed E-state index contributed by atoms with van der Waals surface area (Å²) in [5.74, 6) is 0. The molecular formula is C52H104. The molecule has 0 heterocycles. The van der Waals surface area contributed by atoms with E-state index < -0.39 is 0 Å². The zero-order valence-corrected chi connectivity index (χ0v) is 36.9. The van der Waals surface area contributed by atoms with Crippen LogP contribution in [0.25, 0.3) is 0 Å². The van der Waals surface area contributed by atoms with Crippen LogP contribution in [0.5, 0.6) is 0 Å². The van der Waals surface area contributed by atoms with Gasteiger partial charge in [0.1, 0.15) is 0 Å². The monoisotopic (exact) mass is 729 g/mol. The van der Waals surface area contributed by atoms with Crippen LogP contribution in [0.2, 0.25) is 0 Å². The van der Waals surface area contributed by atoms with E-state index in [-0.39, 0.29) is 0 Å². The summed E-state index contributed by atoms with van der Waals surface area (Å²) in [5, 5.41) is 0. The second-order valence-electron chi connectivity index (χ2n) is 17.7. The molecule has 0 saturated carbocycles. The van der Waals surface area contributed by atoms with Gasteiger partial charge in [-0.1, -0.05) is 315 Å². The lowest BCUT2D eigenvalue weighted by Gasteiger charge is -2.05.